The van der Waals surface area contributed by atoms with E-state index in [-0.39, 0.29) is 18.4 Å². The molecule has 0 bridgehead atoms. The monoisotopic (exact) mass is 458 g/mol. The molecule has 0 aromatic heterocycles. The first-order valence-corrected chi connectivity index (χ1v) is 11.1. The van der Waals surface area contributed by atoms with Crippen molar-refractivity contribution in [2.45, 2.75) is 24.2 Å². The Bertz CT molecular complexity index is 1030. The molecule has 3 rings (SSSR count). The Labute approximate surface area is 178 Å². The molecular formula is C20H21ClF2N2O4S. The van der Waals surface area contributed by atoms with Gasteiger partial charge >= 0.3 is 0 Å². The Balaban J connectivity index is 1.76. The van der Waals surface area contributed by atoms with Crippen LogP contribution in [0.4, 0.5) is 8.78 Å². The number of halogens is 3. The molecule has 1 fully saturated rings. The predicted octanol–water partition coefficient (Wildman–Crippen LogP) is 3.22. The first kappa shape index (κ1) is 22.5. The number of nitrogens with one attached hydrogen (secondary N) is 2. The zero-order valence-corrected chi connectivity index (χ0v) is 17.7. The summed E-state index contributed by atoms with van der Waals surface area (Å²) in [6, 6.07) is 8.67. The first-order chi connectivity index (χ1) is 14.2. The third kappa shape index (κ3) is 5.27. The maximum Gasteiger partial charge on any atom is 0.267 e. The van der Waals surface area contributed by atoms with Gasteiger partial charge in [-0.1, -0.05) is 23.7 Å². The van der Waals surface area contributed by atoms with Crippen molar-refractivity contribution in [2.24, 2.45) is 5.92 Å². The summed E-state index contributed by atoms with van der Waals surface area (Å²) in [4.78, 5) is 10.0. The highest BCUT2D eigenvalue weighted by Crippen LogP contribution is 2.32. The van der Waals surface area contributed by atoms with E-state index in [0.717, 1.165) is 25.5 Å². The molecule has 1 aliphatic heterocycles. The van der Waals surface area contributed by atoms with Crippen molar-refractivity contribution < 1.29 is 26.7 Å². The number of hydrogen-bond donors (Lipinski definition) is 2. The van der Waals surface area contributed by atoms with E-state index in [1.807, 2.05) is 12.1 Å². The summed E-state index contributed by atoms with van der Waals surface area (Å²) in [5, 5.41) is 3.89. The Kier molecular flexibility index (Phi) is 6.95. The zero-order chi connectivity index (χ0) is 21.9. The zero-order valence-electron chi connectivity index (χ0n) is 16.1. The van der Waals surface area contributed by atoms with E-state index in [9.17, 15) is 22.0 Å². The molecular weight excluding hydrogens is 438 g/mol. The maximum atomic E-state index is 14.4. The fourth-order valence-corrected chi connectivity index (χ4v) is 4.70. The van der Waals surface area contributed by atoms with E-state index in [4.69, 9.17) is 16.3 Å². The van der Waals surface area contributed by atoms with Crippen LogP contribution < -0.4 is 14.8 Å². The Morgan fingerprint density at radius 1 is 1.23 bits per heavy atom. The largest absolute Gasteiger partial charge is 0.490 e. The van der Waals surface area contributed by atoms with Gasteiger partial charge in [0.2, 0.25) is 5.91 Å². The minimum Gasteiger partial charge on any atom is -0.490 e. The molecule has 0 spiro atoms. The van der Waals surface area contributed by atoms with Crippen LogP contribution in [-0.4, -0.2) is 34.0 Å². The fourth-order valence-electron chi connectivity index (χ4n) is 3.51. The van der Waals surface area contributed by atoms with Crippen molar-refractivity contribution in [3.05, 3.63) is 58.6 Å². The molecule has 1 aliphatic rings. The molecule has 2 aromatic carbocycles. The standard InChI is InChI=1S/C20H21ClF2N2O4S/c1-12(26)25-30(27,28)20-9-17(22)19(8-18(20)23)29-11-14-10-24-7-6-16(14)13-2-4-15(21)5-3-13/h2-5,8-9,14,16,24H,6-7,10-11H2,1H3,(H,25,26)/t14-,16-/m1/s1. The molecule has 6 nitrogen and oxygen atoms in total. The molecule has 2 atom stereocenters. The lowest BCUT2D eigenvalue weighted by Crippen LogP contribution is -2.38. The predicted molar refractivity (Wildman–Crippen MR) is 108 cm³/mol. The molecule has 1 heterocycles. The van der Waals surface area contributed by atoms with Gasteiger partial charge in [0.05, 0.1) is 6.61 Å². The number of benzene rings is 2. The third-order valence-corrected chi connectivity index (χ3v) is 6.61. The lowest BCUT2D eigenvalue weighted by atomic mass is 9.81. The van der Waals surface area contributed by atoms with Crippen LogP contribution in [0.25, 0.3) is 0 Å². The van der Waals surface area contributed by atoms with Gasteiger partial charge in [0, 0.05) is 36.5 Å². The fraction of sp³-hybridized carbons (Fsp3) is 0.350. The average molecular weight is 459 g/mol. The average Bonchev–Trinajstić information content (AvgIpc) is 2.68. The second-order valence-corrected chi connectivity index (χ2v) is 9.18. The summed E-state index contributed by atoms with van der Waals surface area (Å²) in [7, 11) is -4.50. The van der Waals surface area contributed by atoms with Crippen LogP contribution in [0.1, 0.15) is 24.8 Å². The van der Waals surface area contributed by atoms with Gasteiger partial charge in [0.25, 0.3) is 10.0 Å². The molecule has 2 aromatic rings. The number of amides is 1. The van der Waals surface area contributed by atoms with Crippen molar-refractivity contribution in [3.63, 3.8) is 0 Å². The van der Waals surface area contributed by atoms with Gasteiger partial charge in [0.15, 0.2) is 11.6 Å². The van der Waals surface area contributed by atoms with Crippen LogP contribution >= 0.6 is 11.6 Å². The number of piperidine rings is 1. The van der Waals surface area contributed by atoms with E-state index < -0.39 is 38.2 Å². The van der Waals surface area contributed by atoms with Crippen molar-refractivity contribution >= 4 is 27.5 Å². The molecule has 0 aliphatic carbocycles. The number of carbonyl (C=O) groups is 1. The van der Waals surface area contributed by atoms with Crippen molar-refractivity contribution in [1.82, 2.24) is 10.0 Å². The maximum absolute atomic E-state index is 14.4. The highest BCUT2D eigenvalue weighted by molar-refractivity contribution is 7.90. The molecule has 2 N–H and O–H groups in total. The Hall–Kier alpha value is -2.23. The van der Waals surface area contributed by atoms with Crippen molar-refractivity contribution in [3.8, 4) is 5.75 Å². The highest BCUT2D eigenvalue weighted by atomic mass is 35.5. The van der Waals surface area contributed by atoms with E-state index >= 15 is 0 Å². The molecule has 162 valence electrons. The lowest BCUT2D eigenvalue weighted by molar-refractivity contribution is -0.117. The van der Waals surface area contributed by atoms with Gasteiger partial charge in [-0.3, -0.25) is 4.79 Å². The van der Waals surface area contributed by atoms with Gasteiger partial charge in [-0.05, 0) is 36.6 Å². The minimum absolute atomic E-state index is 0.00910. The van der Waals surface area contributed by atoms with Crippen LogP contribution in [-0.2, 0) is 14.8 Å². The molecule has 10 heteroatoms. The van der Waals surface area contributed by atoms with Gasteiger partial charge in [0.1, 0.15) is 10.7 Å². The molecule has 0 unspecified atom stereocenters. The van der Waals surface area contributed by atoms with E-state index in [0.29, 0.717) is 23.7 Å². The van der Waals surface area contributed by atoms with Crippen molar-refractivity contribution in [1.29, 1.82) is 0 Å². The number of sulfonamides is 1. The number of carbonyl (C=O) groups excluding carboxylic acids is 1. The van der Waals surface area contributed by atoms with E-state index in [2.05, 4.69) is 5.32 Å². The quantitative estimate of drug-likeness (QED) is 0.694. The molecule has 1 amide bonds. The molecule has 30 heavy (non-hydrogen) atoms. The third-order valence-electron chi connectivity index (χ3n) is 4.91. The summed E-state index contributed by atoms with van der Waals surface area (Å²) in [6.07, 6.45) is 0.848. The second-order valence-electron chi connectivity index (χ2n) is 7.10. The minimum atomic E-state index is -4.50. The van der Waals surface area contributed by atoms with Crippen LogP contribution in [0.3, 0.4) is 0 Å². The van der Waals surface area contributed by atoms with Gasteiger partial charge in [-0.25, -0.2) is 21.9 Å². The SMILES string of the molecule is CC(=O)NS(=O)(=O)c1cc(F)c(OC[C@H]2CNCC[C@@H]2c2ccc(Cl)cc2)cc1F. The number of ether oxygens (including phenoxy) is 1. The Morgan fingerprint density at radius 3 is 2.60 bits per heavy atom. The summed E-state index contributed by atoms with van der Waals surface area (Å²) < 4.78 is 59.8. The normalized spacial score (nSPS) is 19.3. The van der Waals surface area contributed by atoms with Gasteiger partial charge in [-0.15, -0.1) is 0 Å². The highest BCUT2D eigenvalue weighted by Gasteiger charge is 2.28. The molecule has 0 radical (unpaired) electrons. The molecule has 0 saturated carbocycles. The lowest BCUT2D eigenvalue weighted by Gasteiger charge is -2.32. The van der Waals surface area contributed by atoms with Gasteiger partial charge in [-0.2, -0.15) is 0 Å². The first-order valence-electron chi connectivity index (χ1n) is 9.29. The smallest absolute Gasteiger partial charge is 0.267 e. The van der Waals surface area contributed by atoms with Crippen LogP contribution in [0.2, 0.25) is 5.02 Å². The van der Waals surface area contributed by atoms with Crippen molar-refractivity contribution in [2.75, 3.05) is 19.7 Å². The van der Waals surface area contributed by atoms with Crippen LogP contribution in [0.5, 0.6) is 5.75 Å². The second kappa shape index (κ2) is 9.28. The Morgan fingerprint density at radius 2 is 1.93 bits per heavy atom. The summed E-state index contributed by atoms with van der Waals surface area (Å²) in [6.45, 7) is 2.52. The van der Waals surface area contributed by atoms with E-state index in [1.54, 1.807) is 16.9 Å². The topological polar surface area (TPSA) is 84.5 Å². The summed E-state index contributed by atoms with van der Waals surface area (Å²) in [5.74, 6) is -3.41. The summed E-state index contributed by atoms with van der Waals surface area (Å²) >= 11 is 5.95. The number of hydrogen-bond acceptors (Lipinski definition) is 5. The van der Waals surface area contributed by atoms with E-state index in [1.165, 1.54) is 0 Å². The molecule has 1 saturated heterocycles. The summed E-state index contributed by atoms with van der Waals surface area (Å²) in [5.41, 5.74) is 1.08. The van der Waals surface area contributed by atoms with Crippen LogP contribution in [0, 0.1) is 17.6 Å². The number of rotatable bonds is 6. The van der Waals surface area contributed by atoms with Crippen LogP contribution in [0.15, 0.2) is 41.3 Å². The van der Waals surface area contributed by atoms with Gasteiger partial charge < -0.3 is 10.1 Å².